The van der Waals surface area contributed by atoms with Gasteiger partial charge in [-0.25, -0.2) is 0 Å². The largest absolute Gasteiger partial charge is 0.695 e. The van der Waals surface area contributed by atoms with Crippen LogP contribution < -0.4 is 0 Å². The molecule has 0 aliphatic rings. The molecule has 2 rings (SSSR count). The molecular formula is C19H24O3P+. The molecule has 0 saturated heterocycles. The fraction of sp³-hybridized carbons (Fsp3) is 0.368. The van der Waals surface area contributed by atoms with Gasteiger partial charge in [0.2, 0.25) is 0 Å². The van der Waals surface area contributed by atoms with Crippen LogP contribution in [0.4, 0.5) is 0 Å². The molecule has 2 aromatic rings. The van der Waals surface area contributed by atoms with Crippen LogP contribution in [-0.4, -0.2) is 10.5 Å². The molecule has 4 heteroatoms. The molecule has 0 heterocycles. The zero-order valence-corrected chi connectivity index (χ0v) is 14.6. The lowest BCUT2D eigenvalue weighted by Gasteiger charge is -2.30. The van der Waals surface area contributed by atoms with Gasteiger partial charge in [-0.05, 0) is 23.5 Å². The highest BCUT2D eigenvalue weighted by Crippen LogP contribution is 2.37. The molecule has 23 heavy (non-hydrogen) atoms. The maximum atomic E-state index is 11.5. The topological polar surface area (TPSA) is 46.5 Å². The van der Waals surface area contributed by atoms with Crippen molar-refractivity contribution in [1.29, 1.82) is 0 Å². The first-order valence-electron chi connectivity index (χ1n) is 7.92. The molecule has 0 amide bonds. The van der Waals surface area contributed by atoms with Crippen LogP contribution in [0.5, 0.6) is 0 Å². The maximum Gasteiger partial charge on any atom is 0.695 e. The molecule has 122 valence electrons. The van der Waals surface area contributed by atoms with Crippen molar-refractivity contribution in [2.45, 2.75) is 38.7 Å². The Morgan fingerprint density at radius 3 is 1.74 bits per heavy atom. The van der Waals surface area contributed by atoms with Crippen LogP contribution in [-0.2, 0) is 21.9 Å². The van der Waals surface area contributed by atoms with Crippen LogP contribution in [0.1, 0.15) is 31.4 Å². The summed E-state index contributed by atoms with van der Waals surface area (Å²) in [5.41, 5.74) is 1.54. The fourth-order valence-electron chi connectivity index (χ4n) is 3.15. The summed E-state index contributed by atoms with van der Waals surface area (Å²) in [6.45, 7) is 4.22. The zero-order valence-electron chi connectivity index (χ0n) is 13.7. The van der Waals surface area contributed by atoms with Gasteiger partial charge in [-0.15, -0.1) is 9.42 Å². The third-order valence-corrected chi connectivity index (χ3v) is 4.33. The number of benzene rings is 2. The molecule has 0 aliphatic carbocycles. The second-order valence-corrected chi connectivity index (χ2v) is 7.09. The minimum Gasteiger partial charge on any atom is -0.133 e. The monoisotopic (exact) mass is 331 g/mol. The van der Waals surface area contributed by atoms with Crippen molar-refractivity contribution in [3.63, 3.8) is 0 Å². The second-order valence-electron chi connectivity index (χ2n) is 6.43. The van der Waals surface area contributed by atoms with E-state index in [-0.39, 0.29) is 0 Å². The van der Waals surface area contributed by atoms with Gasteiger partial charge in [-0.3, -0.25) is 0 Å². The molecule has 1 atom stereocenters. The Hall–Kier alpha value is -1.54. The van der Waals surface area contributed by atoms with Gasteiger partial charge < -0.3 is 0 Å². The highest BCUT2D eigenvalue weighted by molar-refractivity contribution is 7.32. The van der Waals surface area contributed by atoms with Crippen LogP contribution in [0.25, 0.3) is 0 Å². The third kappa shape index (κ3) is 5.87. The van der Waals surface area contributed by atoms with Gasteiger partial charge in [-0.1, -0.05) is 74.5 Å². The van der Waals surface area contributed by atoms with E-state index in [0.717, 1.165) is 17.5 Å². The molecule has 0 saturated carbocycles. The average molecular weight is 331 g/mol. The van der Waals surface area contributed by atoms with E-state index >= 15 is 0 Å². The van der Waals surface area contributed by atoms with Gasteiger partial charge >= 0.3 is 8.25 Å². The fourth-order valence-corrected chi connectivity index (χ4v) is 3.69. The molecular weight excluding hydrogens is 307 g/mol. The van der Waals surface area contributed by atoms with Crippen molar-refractivity contribution in [2.75, 3.05) is 0 Å². The van der Waals surface area contributed by atoms with Crippen LogP contribution in [0, 0.1) is 5.92 Å². The Balaban J connectivity index is 2.34. The van der Waals surface area contributed by atoms with Crippen molar-refractivity contribution in [3.8, 4) is 0 Å². The summed E-state index contributed by atoms with van der Waals surface area (Å²) < 4.78 is 17.1. The smallest absolute Gasteiger partial charge is 0.133 e. The van der Waals surface area contributed by atoms with Crippen LogP contribution >= 0.6 is 8.25 Å². The minimum absolute atomic E-state index is 0.359. The van der Waals surface area contributed by atoms with Crippen molar-refractivity contribution >= 4 is 8.25 Å². The molecule has 0 spiro atoms. The average Bonchev–Trinajstić information content (AvgIpc) is 2.47. The third-order valence-electron chi connectivity index (χ3n) is 3.79. The molecule has 2 aromatic carbocycles. The standard InChI is InChI=1S/C19H23O3P/c1-16(2)13-19(22-23(20)21,14-17-9-5-3-6-10-17)15-18-11-7-4-8-12-18/h3-12,16H,13-15H2,1-2H3/p+1. The maximum absolute atomic E-state index is 11.5. The Labute approximate surface area is 139 Å². The summed E-state index contributed by atoms with van der Waals surface area (Å²) in [4.78, 5) is 9.44. The Morgan fingerprint density at radius 2 is 1.39 bits per heavy atom. The van der Waals surface area contributed by atoms with Crippen LogP contribution in [0.3, 0.4) is 0 Å². The Morgan fingerprint density at radius 1 is 0.957 bits per heavy atom. The predicted octanol–water partition coefficient (Wildman–Crippen LogP) is 4.92. The number of hydrogen-bond donors (Lipinski definition) is 1. The molecule has 0 aliphatic heterocycles. The first kappa shape index (κ1) is 17.8. The summed E-state index contributed by atoms with van der Waals surface area (Å²) in [6.07, 6.45) is 1.95. The molecule has 1 N–H and O–H groups in total. The van der Waals surface area contributed by atoms with E-state index < -0.39 is 13.9 Å². The van der Waals surface area contributed by atoms with E-state index in [2.05, 4.69) is 13.8 Å². The van der Waals surface area contributed by atoms with Gasteiger partial charge in [-0.2, -0.15) is 0 Å². The second kappa shape index (κ2) is 8.35. The first-order chi connectivity index (χ1) is 11.0. The summed E-state index contributed by atoms with van der Waals surface area (Å²) >= 11 is 0. The van der Waals surface area contributed by atoms with E-state index in [4.69, 9.17) is 4.52 Å². The lowest BCUT2D eigenvalue weighted by Crippen LogP contribution is -2.37. The normalized spacial score (nSPS) is 12.4. The molecule has 1 unspecified atom stereocenters. The molecule has 0 radical (unpaired) electrons. The molecule has 0 aromatic heterocycles. The summed E-state index contributed by atoms with van der Waals surface area (Å²) in [5, 5.41) is 0. The van der Waals surface area contributed by atoms with E-state index in [1.165, 1.54) is 0 Å². The quantitative estimate of drug-likeness (QED) is 0.698. The summed E-state index contributed by atoms with van der Waals surface area (Å²) in [5.74, 6) is 0.359. The Kier molecular flexibility index (Phi) is 6.47. The van der Waals surface area contributed by atoms with E-state index in [0.29, 0.717) is 18.8 Å². The molecule has 0 bridgehead atoms. The van der Waals surface area contributed by atoms with Gasteiger partial charge in [0.15, 0.2) is 0 Å². The van der Waals surface area contributed by atoms with Crippen molar-refractivity contribution < 1.29 is 14.0 Å². The first-order valence-corrected chi connectivity index (χ1v) is 9.05. The predicted molar refractivity (Wildman–Crippen MR) is 93.4 cm³/mol. The lowest BCUT2D eigenvalue weighted by molar-refractivity contribution is 0.0439. The highest BCUT2D eigenvalue weighted by atomic mass is 31.1. The van der Waals surface area contributed by atoms with E-state index in [9.17, 15) is 9.46 Å². The number of rotatable bonds is 8. The lowest BCUT2D eigenvalue weighted by atomic mass is 9.82. The SMILES string of the molecule is CC(C)CC(Cc1ccccc1)(Cc1ccccc1)O[P+](=O)O. The molecule has 3 nitrogen and oxygen atoms in total. The van der Waals surface area contributed by atoms with Gasteiger partial charge in [0.05, 0.1) is 0 Å². The highest BCUT2D eigenvalue weighted by Gasteiger charge is 2.41. The van der Waals surface area contributed by atoms with Crippen LogP contribution in [0.15, 0.2) is 60.7 Å². The van der Waals surface area contributed by atoms with E-state index in [1.54, 1.807) is 0 Å². The number of hydrogen-bond acceptors (Lipinski definition) is 2. The summed E-state index contributed by atoms with van der Waals surface area (Å²) in [6, 6.07) is 20.0. The van der Waals surface area contributed by atoms with Gasteiger partial charge in [0, 0.05) is 17.4 Å². The van der Waals surface area contributed by atoms with Crippen molar-refractivity contribution in [2.24, 2.45) is 5.92 Å². The van der Waals surface area contributed by atoms with Gasteiger partial charge in [0.25, 0.3) is 0 Å². The zero-order chi connectivity index (χ0) is 16.7. The summed E-state index contributed by atoms with van der Waals surface area (Å²) in [7, 11) is -2.66. The minimum atomic E-state index is -2.66. The van der Waals surface area contributed by atoms with Crippen molar-refractivity contribution in [3.05, 3.63) is 71.8 Å². The van der Waals surface area contributed by atoms with Crippen LogP contribution in [0.2, 0.25) is 0 Å². The Bertz CT molecular complexity index is 570. The molecule has 0 fully saturated rings. The van der Waals surface area contributed by atoms with Crippen molar-refractivity contribution in [1.82, 2.24) is 0 Å². The van der Waals surface area contributed by atoms with Gasteiger partial charge in [0.1, 0.15) is 5.60 Å². The van der Waals surface area contributed by atoms with E-state index in [1.807, 2.05) is 60.7 Å².